The van der Waals surface area contributed by atoms with Gasteiger partial charge in [-0.2, -0.15) is 0 Å². The van der Waals surface area contributed by atoms with Crippen molar-refractivity contribution in [1.82, 2.24) is 14.1 Å². The standard InChI is InChI=1S/C22H29ClN2O4.C16H17ClN2O4.C13H14N2O3.C3H4Cl2O/c1-6-29-17-9-7-8-16-19(17)18(20(26)21(24)27)15(5)25(16)22(28)13(3)10-12(2)11-14(4)23;1-4-23-11-7-5-6-10-13(11)12(14(20)15(18)21)9(3)19(10)16(22)8(2)17;1-3-18-9-6-4-5-8-11(9)10(7(2)15-8)12(16)13(14)17;1-2(4)3(5)6/h7-9,12-14H,6,10-11H2,1-5H3,(H2,24,27);5-8H,4H2,1-3H3,(H2,18,21);4-6,15H,3H2,1-2H3,(H2,14,17);2H,1H3. The second-order valence-corrected chi connectivity index (χ2v) is 20.0. The zero-order chi connectivity index (χ0) is 57.6. The molecule has 0 aliphatic heterocycles. The second-order valence-electron chi connectivity index (χ2n) is 17.5. The summed E-state index contributed by atoms with van der Waals surface area (Å²) in [5, 5.41) is -0.365. The number of hydrogen-bond acceptors (Lipinski definition) is 12. The minimum atomic E-state index is -1.09. The molecule has 0 aliphatic carbocycles. The molecule has 3 aromatic carbocycles. The first-order valence-electron chi connectivity index (χ1n) is 24.1. The Morgan fingerprint density at radius 3 is 1.26 bits per heavy atom. The van der Waals surface area contributed by atoms with Gasteiger partial charge in [0, 0.05) is 28.4 Å². The summed E-state index contributed by atoms with van der Waals surface area (Å²) in [5.41, 5.74) is 19.0. The van der Waals surface area contributed by atoms with Crippen LogP contribution in [0.25, 0.3) is 32.7 Å². The number of aryl methyl sites for hydroxylation is 1. The molecule has 6 aromatic rings. The fraction of sp³-hybridized carbons (Fsp3) is 0.389. The highest BCUT2D eigenvalue weighted by Gasteiger charge is 2.32. The van der Waals surface area contributed by atoms with Crippen LogP contribution >= 0.6 is 46.4 Å². The lowest BCUT2D eigenvalue weighted by Gasteiger charge is -2.19. The van der Waals surface area contributed by atoms with Crippen LogP contribution in [0.3, 0.4) is 0 Å². The van der Waals surface area contributed by atoms with Crippen LogP contribution in [0.5, 0.6) is 17.2 Å². The highest BCUT2D eigenvalue weighted by Crippen LogP contribution is 2.37. The summed E-state index contributed by atoms with van der Waals surface area (Å²) < 4.78 is 19.5. The molecule has 7 N–H and O–H groups in total. The number of halogens is 4. The predicted octanol–water partition coefficient (Wildman–Crippen LogP) is 9.54. The first kappa shape index (κ1) is 63.6. The molecule has 0 bridgehead atoms. The first-order valence-corrected chi connectivity index (χ1v) is 25.8. The quantitative estimate of drug-likeness (QED) is 0.0255. The van der Waals surface area contributed by atoms with E-state index >= 15 is 0 Å². The maximum Gasteiger partial charge on any atom is 0.289 e. The lowest BCUT2D eigenvalue weighted by Crippen LogP contribution is -2.25. The Balaban J connectivity index is 0.000000291. The van der Waals surface area contributed by atoms with Crippen LogP contribution in [-0.4, -0.2) is 102 Å². The number of H-pyrrole nitrogens is 1. The summed E-state index contributed by atoms with van der Waals surface area (Å²) in [6, 6.07) is 15.7. The smallest absolute Gasteiger partial charge is 0.289 e. The summed E-state index contributed by atoms with van der Waals surface area (Å²) in [6.45, 7) is 20.6. The van der Waals surface area contributed by atoms with Crippen molar-refractivity contribution in [3.63, 3.8) is 0 Å². The maximum atomic E-state index is 13.3. The van der Waals surface area contributed by atoms with Gasteiger partial charge in [0.25, 0.3) is 35.1 Å². The van der Waals surface area contributed by atoms with Crippen molar-refractivity contribution in [1.29, 1.82) is 0 Å². The Morgan fingerprint density at radius 2 is 0.908 bits per heavy atom. The summed E-state index contributed by atoms with van der Waals surface area (Å²) in [7, 11) is 0. The molecule has 3 amide bonds. The number of nitrogens with two attached hydrogens (primary N) is 3. The number of aromatic nitrogens is 3. The van der Waals surface area contributed by atoms with Crippen LogP contribution in [0.15, 0.2) is 54.6 Å². The molecule has 5 atom stereocenters. The van der Waals surface area contributed by atoms with Gasteiger partial charge in [0.2, 0.25) is 17.1 Å². The monoisotopic (exact) mass is 1130 g/mol. The van der Waals surface area contributed by atoms with E-state index in [1.807, 2.05) is 39.8 Å². The van der Waals surface area contributed by atoms with E-state index in [4.69, 9.17) is 77.8 Å². The lowest BCUT2D eigenvalue weighted by molar-refractivity contribution is -0.114. The number of nitrogens with zero attached hydrogens (tertiary/aromatic N) is 2. The van der Waals surface area contributed by atoms with Gasteiger partial charge in [0.1, 0.15) is 28.0 Å². The zero-order valence-electron chi connectivity index (χ0n) is 44.2. The van der Waals surface area contributed by atoms with Crippen LogP contribution < -0.4 is 31.4 Å². The van der Waals surface area contributed by atoms with E-state index in [0.29, 0.717) is 93.3 Å². The predicted molar refractivity (Wildman–Crippen MR) is 296 cm³/mol. The molecule has 22 heteroatoms. The molecule has 0 saturated carbocycles. The molecule has 410 valence electrons. The van der Waals surface area contributed by atoms with Gasteiger partial charge in [0.15, 0.2) is 0 Å². The fourth-order valence-corrected chi connectivity index (χ4v) is 8.97. The number of carbonyl (C=O) groups excluding carboxylic acids is 9. The molecule has 0 saturated heterocycles. The SMILES string of the molecule is CC(Cl)C(=O)Cl.CCOc1cccc2[nH]c(C)c(C(=O)C(N)=O)c12.CCOc1cccc2c1c(C(=O)C(N)=O)c(C)n2C(=O)C(C)CC(C)CC(C)Cl.CCOc1cccc2c1c(C(=O)C(N)=O)c(C)n2C(=O)C(C)Cl. The normalized spacial score (nSPS) is 12.8. The van der Waals surface area contributed by atoms with E-state index in [9.17, 15) is 43.2 Å². The Morgan fingerprint density at radius 1 is 0.539 bits per heavy atom. The van der Waals surface area contributed by atoms with Crippen LogP contribution in [-0.2, 0) is 19.2 Å². The molecule has 6 rings (SSSR count). The minimum Gasteiger partial charge on any atom is -0.493 e. The van der Waals surface area contributed by atoms with E-state index in [1.165, 1.54) is 23.0 Å². The third-order valence-corrected chi connectivity index (χ3v) is 12.6. The third kappa shape index (κ3) is 15.0. The molecule has 3 heterocycles. The molecule has 18 nitrogen and oxygen atoms in total. The van der Waals surface area contributed by atoms with Gasteiger partial charge in [-0.1, -0.05) is 32.0 Å². The number of rotatable bonds is 19. The first-order chi connectivity index (χ1) is 35.6. The van der Waals surface area contributed by atoms with Crippen molar-refractivity contribution in [2.75, 3.05) is 19.8 Å². The number of ether oxygens (including phenoxy) is 3. The number of primary amides is 3. The van der Waals surface area contributed by atoms with Gasteiger partial charge in [0.05, 0.1) is 69.2 Å². The van der Waals surface area contributed by atoms with Gasteiger partial charge >= 0.3 is 0 Å². The van der Waals surface area contributed by atoms with E-state index in [-0.39, 0.29) is 34.2 Å². The Hall–Kier alpha value is -6.73. The molecule has 76 heavy (non-hydrogen) atoms. The number of benzene rings is 3. The Labute approximate surface area is 460 Å². The third-order valence-electron chi connectivity index (χ3n) is 11.6. The highest BCUT2D eigenvalue weighted by atomic mass is 35.5. The minimum absolute atomic E-state index is 0.0370. The number of carbonyl (C=O) groups is 9. The second kappa shape index (κ2) is 28.4. The number of ketones is 3. The number of hydrogen-bond donors (Lipinski definition) is 4. The van der Waals surface area contributed by atoms with Gasteiger partial charge in [-0.25, -0.2) is 0 Å². The summed E-state index contributed by atoms with van der Waals surface area (Å²) in [5.74, 6) is -4.65. The number of nitrogens with one attached hydrogen (secondary N) is 1. The average Bonchev–Trinajstić information content (AvgIpc) is 3.96. The fourth-order valence-electron chi connectivity index (χ4n) is 8.56. The lowest BCUT2D eigenvalue weighted by atomic mass is 9.93. The zero-order valence-corrected chi connectivity index (χ0v) is 47.2. The molecule has 0 spiro atoms. The van der Waals surface area contributed by atoms with E-state index in [0.717, 1.165) is 11.9 Å². The van der Waals surface area contributed by atoms with Crippen molar-refractivity contribution < 1.29 is 57.4 Å². The van der Waals surface area contributed by atoms with E-state index in [1.54, 1.807) is 70.2 Å². The summed E-state index contributed by atoms with van der Waals surface area (Å²) in [4.78, 5) is 109. The molecular formula is C54H64Cl4N6O12. The number of aromatic amines is 1. The van der Waals surface area contributed by atoms with Crippen LogP contribution in [0.4, 0.5) is 0 Å². The molecular weight excluding hydrogens is 1070 g/mol. The summed E-state index contributed by atoms with van der Waals surface area (Å²) in [6.07, 6.45) is 1.48. The van der Waals surface area contributed by atoms with Crippen molar-refractivity contribution in [3.05, 3.63) is 88.4 Å². The average molecular weight is 1130 g/mol. The van der Waals surface area contributed by atoms with E-state index in [2.05, 4.69) is 11.9 Å². The number of alkyl halides is 3. The van der Waals surface area contributed by atoms with E-state index < -0.39 is 57.0 Å². The number of fused-ring (bicyclic) bond motifs is 3. The molecule has 0 aliphatic rings. The number of amides is 3. The largest absolute Gasteiger partial charge is 0.493 e. The molecule has 5 unspecified atom stereocenters. The van der Waals surface area contributed by atoms with Gasteiger partial charge < -0.3 is 36.4 Å². The highest BCUT2D eigenvalue weighted by molar-refractivity contribution is 6.69. The van der Waals surface area contributed by atoms with Crippen molar-refractivity contribution in [3.8, 4) is 17.2 Å². The molecule has 0 radical (unpaired) electrons. The topological polar surface area (TPSA) is 285 Å². The van der Waals surface area contributed by atoms with Gasteiger partial charge in [-0.05, 0) is 129 Å². The van der Waals surface area contributed by atoms with Crippen LogP contribution in [0.2, 0.25) is 0 Å². The van der Waals surface area contributed by atoms with Crippen LogP contribution in [0.1, 0.15) is 126 Å². The Kier molecular flexibility index (Phi) is 23.8. The van der Waals surface area contributed by atoms with Crippen molar-refractivity contribution >= 4 is 131 Å². The number of Topliss-reactive ketones (excluding diaryl/α,β-unsaturated/α-hetero) is 3. The van der Waals surface area contributed by atoms with Gasteiger partial charge in [-0.15, -0.1) is 34.8 Å². The maximum absolute atomic E-state index is 13.3. The van der Waals surface area contributed by atoms with Crippen LogP contribution in [0, 0.1) is 32.6 Å². The molecule has 0 fully saturated rings. The van der Waals surface area contributed by atoms with Gasteiger partial charge in [-0.3, -0.25) is 52.3 Å². The van der Waals surface area contributed by atoms with Crippen molar-refractivity contribution in [2.24, 2.45) is 29.0 Å². The Bertz CT molecular complexity index is 3170. The molecule has 3 aromatic heterocycles. The van der Waals surface area contributed by atoms with Crippen molar-refractivity contribution in [2.45, 2.75) is 105 Å². The summed E-state index contributed by atoms with van der Waals surface area (Å²) >= 11 is 22.0.